The van der Waals surface area contributed by atoms with Gasteiger partial charge >= 0.3 is 5.97 Å². The SMILES string of the molecule is Cc1c(C(=O)N2CCCC2C(=O)O)nnn1-c1cccc2ncccc12. The molecule has 4 rings (SSSR count). The van der Waals surface area contributed by atoms with Crippen LogP contribution in [0.5, 0.6) is 0 Å². The summed E-state index contributed by atoms with van der Waals surface area (Å²) in [5, 5.41) is 18.4. The summed E-state index contributed by atoms with van der Waals surface area (Å²) in [4.78, 5) is 29.9. The Bertz CT molecular complexity index is 1010. The summed E-state index contributed by atoms with van der Waals surface area (Å²) < 4.78 is 1.60. The molecule has 0 saturated carbocycles. The molecule has 26 heavy (non-hydrogen) atoms. The lowest BCUT2D eigenvalue weighted by Crippen LogP contribution is -2.40. The number of carbonyl (C=O) groups is 2. The summed E-state index contributed by atoms with van der Waals surface area (Å²) in [5.74, 6) is -1.38. The van der Waals surface area contributed by atoms with Crippen LogP contribution in [0, 0.1) is 6.92 Å². The van der Waals surface area contributed by atoms with Crippen molar-refractivity contribution in [1.29, 1.82) is 0 Å². The number of carboxylic acid groups (broad SMARTS) is 1. The summed E-state index contributed by atoms with van der Waals surface area (Å²) in [5.41, 5.74) is 2.34. The molecule has 0 spiro atoms. The van der Waals surface area contributed by atoms with E-state index in [9.17, 15) is 14.7 Å². The molecule has 2 aromatic heterocycles. The number of pyridine rings is 1. The van der Waals surface area contributed by atoms with Gasteiger partial charge in [-0.3, -0.25) is 9.78 Å². The fraction of sp³-hybridized carbons (Fsp3) is 0.278. The molecular weight excluding hydrogens is 334 g/mol. The van der Waals surface area contributed by atoms with Crippen molar-refractivity contribution in [2.75, 3.05) is 6.54 Å². The Balaban J connectivity index is 1.75. The Morgan fingerprint density at radius 2 is 2.08 bits per heavy atom. The molecule has 1 atom stereocenters. The lowest BCUT2D eigenvalue weighted by molar-refractivity contribution is -0.141. The first-order valence-electron chi connectivity index (χ1n) is 8.38. The molecule has 1 saturated heterocycles. The maximum atomic E-state index is 12.8. The first-order valence-corrected chi connectivity index (χ1v) is 8.38. The van der Waals surface area contributed by atoms with Crippen LogP contribution in [0.3, 0.4) is 0 Å². The van der Waals surface area contributed by atoms with E-state index in [0.717, 1.165) is 16.6 Å². The van der Waals surface area contributed by atoms with E-state index in [0.29, 0.717) is 25.1 Å². The first kappa shape index (κ1) is 16.2. The van der Waals surface area contributed by atoms with Gasteiger partial charge in [0.2, 0.25) is 0 Å². The van der Waals surface area contributed by atoms with Crippen LogP contribution in [0.15, 0.2) is 36.5 Å². The van der Waals surface area contributed by atoms with Gasteiger partial charge in [0, 0.05) is 18.1 Å². The second kappa shape index (κ2) is 6.21. The van der Waals surface area contributed by atoms with E-state index in [1.165, 1.54) is 4.90 Å². The van der Waals surface area contributed by atoms with Crippen molar-refractivity contribution in [2.45, 2.75) is 25.8 Å². The molecule has 1 aliphatic heterocycles. The number of amides is 1. The number of aromatic nitrogens is 4. The number of carbonyl (C=O) groups excluding carboxylic acids is 1. The molecule has 1 amide bonds. The number of fused-ring (bicyclic) bond motifs is 1. The van der Waals surface area contributed by atoms with E-state index in [1.54, 1.807) is 17.8 Å². The molecule has 3 aromatic rings. The number of carboxylic acids is 1. The number of rotatable bonds is 3. The van der Waals surface area contributed by atoms with Crippen molar-refractivity contribution in [1.82, 2.24) is 24.9 Å². The highest BCUT2D eigenvalue weighted by Crippen LogP contribution is 2.24. The minimum atomic E-state index is -0.985. The van der Waals surface area contributed by atoms with E-state index >= 15 is 0 Å². The third kappa shape index (κ3) is 2.50. The zero-order chi connectivity index (χ0) is 18.3. The van der Waals surface area contributed by atoms with Crippen molar-refractivity contribution < 1.29 is 14.7 Å². The lowest BCUT2D eigenvalue weighted by Gasteiger charge is -2.20. The molecule has 1 fully saturated rings. The van der Waals surface area contributed by atoms with Gasteiger partial charge in [-0.25, -0.2) is 9.48 Å². The molecule has 0 aliphatic carbocycles. The fourth-order valence-corrected chi connectivity index (χ4v) is 3.43. The zero-order valence-electron chi connectivity index (χ0n) is 14.2. The third-order valence-corrected chi connectivity index (χ3v) is 4.75. The molecule has 132 valence electrons. The topological polar surface area (TPSA) is 101 Å². The standard InChI is InChI=1S/C18H17N5O3/c1-11-16(17(24)22-10-4-8-15(22)18(25)26)20-21-23(11)14-7-2-6-13-12(14)5-3-9-19-13/h2-3,5-7,9,15H,4,8,10H2,1H3,(H,25,26). The highest BCUT2D eigenvalue weighted by molar-refractivity contribution is 5.96. The van der Waals surface area contributed by atoms with Crippen LogP contribution in [-0.4, -0.2) is 54.4 Å². The molecule has 8 nitrogen and oxygen atoms in total. The smallest absolute Gasteiger partial charge is 0.326 e. The highest BCUT2D eigenvalue weighted by atomic mass is 16.4. The van der Waals surface area contributed by atoms with Gasteiger partial charge in [-0.15, -0.1) is 5.10 Å². The number of hydrogen-bond acceptors (Lipinski definition) is 5. The van der Waals surface area contributed by atoms with Gasteiger partial charge in [-0.2, -0.15) is 0 Å². The van der Waals surface area contributed by atoms with Crippen molar-refractivity contribution in [3.8, 4) is 5.69 Å². The van der Waals surface area contributed by atoms with Crippen LogP contribution in [0.2, 0.25) is 0 Å². The number of benzene rings is 1. The molecular formula is C18H17N5O3. The van der Waals surface area contributed by atoms with Crippen LogP contribution in [0.1, 0.15) is 29.0 Å². The lowest BCUT2D eigenvalue weighted by atomic mass is 10.1. The third-order valence-electron chi connectivity index (χ3n) is 4.75. The molecule has 1 aliphatic rings. The molecule has 0 bridgehead atoms. The molecule has 0 radical (unpaired) electrons. The Hall–Kier alpha value is -3.29. The number of likely N-dealkylation sites (tertiary alicyclic amines) is 1. The summed E-state index contributed by atoms with van der Waals surface area (Å²) in [6.45, 7) is 2.18. The van der Waals surface area contributed by atoms with Crippen LogP contribution >= 0.6 is 0 Å². The normalized spacial score (nSPS) is 17.0. The summed E-state index contributed by atoms with van der Waals surface area (Å²) in [6, 6.07) is 8.63. The first-order chi connectivity index (χ1) is 12.6. The maximum Gasteiger partial charge on any atom is 0.326 e. The van der Waals surface area contributed by atoms with Crippen LogP contribution in [0.25, 0.3) is 16.6 Å². The number of aliphatic carboxylic acids is 1. The predicted molar refractivity (Wildman–Crippen MR) is 93.1 cm³/mol. The van der Waals surface area contributed by atoms with E-state index < -0.39 is 17.9 Å². The van der Waals surface area contributed by atoms with Crippen LogP contribution < -0.4 is 0 Å². The van der Waals surface area contributed by atoms with Crippen molar-refractivity contribution in [3.63, 3.8) is 0 Å². The van der Waals surface area contributed by atoms with Crippen molar-refractivity contribution in [2.24, 2.45) is 0 Å². The van der Waals surface area contributed by atoms with Gasteiger partial charge in [0.1, 0.15) is 6.04 Å². The minimum absolute atomic E-state index is 0.180. The Kier molecular flexibility index (Phi) is 3.87. The summed E-state index contributed by atoms with van der Waals surface area (Å²) in [6.07, 6.45) is 2.85. The minimum Gasteiger partial charge on any atom is -0.480 e. The van der Waals surface area contributed by atoms with Crippen molar-refractivity contribution >= 4 is 22.8 Å². The zero-order valence-corrected chi connectivity index (χ0v) is 14.2. The van der Waals surface area contributed by atoms with Crippen LogP contribution in [-0.2, 0) is 4.79 Å². The largest absolute Gasteiger partial charge is 0.480 e. The highest BCUT2D eigenvalue weighted by Gasteiger charge is 2.36. The van der Waals surface area contributed by atoms with Gasteiger partial charge in [0.25, 0.3) is 5.91 Å². The Labute approximate surface area is 149 Å². The molecule has 1 aromatic carbocycles. The van der Waals surface area contributed by atoms with E-state index in [2.05, 4.69) is 15.3 Å². The average Bonchev–Trinajstić information content (AvgIpc) is 3.28. The number of hydrogen-bond donors (Lipinski definition) is 1. The monoisotopic (exact) mass is 351 g/mol. The quantitative estimate of drug-likeness (QED) is 0.772. The summed E-state index contributed by atoms with van der Waals surface area (Å²) >= 11 is 0. The summed E-state index contributed by atoms with van der Waals surface area (Å²) in [7, 11) is 0. The molecule has 1 unspecified atom stereocenters. The van der Waals surface area contributed by atoms with E-state index in [-0.39, 0.29) is 5.69 Å². The maximum absolute atomic E-state index is 12.8. The number of nitrogens with zero attached hydrogens (tertiary/aromatic N) is 5. The second-order valence-electron chi connectivity index (χ2n) is 6.28. The van der Waals surface area contributed by atoms with Crippen molar-refractivity contribution in [3.05, 3.63) is 47.9 Å². The van der Waals surface area contributed by atoms with Gasteiger partial charge in [0.05, 0.1) is 16.9 Å². The Morgan fingerprint density at radius 3 is 2.88 bits per heavy atom. The second-order valence-corrected chi connectivity index (χ2v) is 6.28. The van der Waals surface area contributed by atoms with Gasteiger partial charge in [0.15, 0.2) is 5.69 Å². The predicted octanol–water partition coefficient (Wildman–Crippen LogP) is 1.81. The average molecular weight is 351 g/mol. The van der Waals surface area contributed by atoms with Gasteiger partial charge in [-0.1, -0.05) is 11.3 Å². The molecule has 3 heterocycles. The van der Waals surface area contributed by atoms with Gasteiger partial charge < -0.3 is 10.0 Å². The van der Waals surface area contributed by atoms with Gasteiger partial charge in [-0.05, 0) is 44.0 Å². The van der Waals surface area contributed by atoms with E-state index in [1.807, 2.05) is 30.3 Å². The van der Waals surface area contributed by atoms with Crippen LogP contribution in [0.4, 0.5) is 0 Å². The molecule has 8 heteroatoms. The van der Waals surface area contributed by atoms with E-state index in [4.69, 9.17) is 0 Å². The molecule has 1 N–H and O–H groups in total. The fourth-order valence-electron chi connectivity index (χ4n) is 3.43. The Morgan fingerprint density at radius 1 is 1.23 bits per heavy atom.